The van der Waals surface area contributed by atoms with Crippen LogP contribution in [0.2, 0.25) is 0 Å². The maximum atomic E-state index is 5.58. The fourth-order valence-corrected chi connectivity index (χ4v) is 1.93. The Labute approximate surface area is 104 Å². The van der Waals surface area contributed by atoms with Crippen LogP contribution in [-0.4, -0.2) is 19.8 Å². The van der Waals surface area contributed by atoms with Crippen molar-refractivity contribution in [2.45, 2.75) is 39.2 Å². The van der Waals surface area contributed by atoms with Gasteiger partial charge in [0.1, 0.15) is 0 Å². The predicted molar refractivity (Wildman–Crippen MR) is 71.8 cm³/mol. The molecule has 0 fully saturated rings. The second-order valence-electron chi connectivity index (χ2n) is 4.62. The van der Waals surface area contributed by atoms with Crippen LogP contribution in [-0.2, 0) is 11.2 Å². The Balaban J connectivity index is 2.51. The number of hydrazine groups is 1. The number of methoxy groups -OCH3 is 1. The zero-order valence-corrected chi connectivity index (χ0v) is 11.1. The van der Waals surface area contributed by atoms with Gasteiger partial charge in [0.2, 0.25) is 0 Å². The zero-order valence-electron chi connectivity index (χ0n) is 11.1. The summed E-state index contributed by atoms with van der Waals surface area (Å²) < 4.78 is 5.05. The molecule has 1 atom stereocenters. The van der Waals surface area contributed by atoms with Gasteiger partial charge in [-0.15, -0.1) is 0 Å². The first kappa shape index (κ1) is 14.2. The van der Waals surface area contributed by atoms with E-state index in [1.54, 1.807) is 7.11 Å². The Morgan fingerprint density at radius 2 is 2.06 bits per heavy atom. The van der Waals surface area contributed by atoms with Crippen LogP contribution < -0.4 is 11.3 Å². The van der Waals surface area contributed by atoms with Crippen LogP contribution in [0.25, 0.3) is 0 Å². The summed E-state index contributed by atoms with van der Waals surface area (Å²) >= 11 is 0. The Bertz CT molecular complexity index is 339. The first-order valence-corrected chi connectivity index (χ1v) is 6.18. The van der Waals surface area contributed by atoms with Crippen molar-refractivity contribution in [3.63, 3.8) is 0 Å². The average Bonchev–Trinajstić information content (AvgIpc) is 2.32. The number of nitrogens with one attached hydrogen (secondary N) is 1. The topological polar surface area (TPSA) is 47.3 Å². The van der Waals surface area contributed by atoms with E-state index in [1.807, 2.05) is 0 Å². The summed E-state index contributed by atoms with van der Waals surface area (Å²) in [6.45, 7) is 5.08. The van der Waals surface area contributed by atoms with Gasteiger partial charge in [-0.3, -0.25) is 11.3 Å². The van der Waals surface area contributed by atoms with E-state index in [1.165, 1.54) is 16.7 Å². The van der Waals surface area contributed by atoms with Gasteiger partial charge in [0, 0.05) is 19.8 Å². The van der Waals surface area contributed by atoms with Crippen molar-refractivity contribution in [3.05, 3.63) is 34.9 Å². The molecule has 0 spiro atoms. The molecular weight excluding hydrogens is 212 g/mol. The number of hydrogen-bond acceptors (Lipinski definition) is 3. The molecule has 0 aliphatic rings. The molecule has 1 aromatic rings. The van der Waals surface area contributed by atoms with E-state index in [0.717, 1.165) is 25.9 Å². The molecule has 96 valence electrons. The van der Waals surface area contributed by atoms with Crippen molar-refractivity contribution in [1.29, 1.82) is 0 Å². The fourth-order valence-electron chi connectivity index (χ4n) is 1.93. The maximum absolute atomic E-state index is 5.58. The largest absolute Gasteiger partial charge is 0.385 e. The molecule has 0 saturated heterocycles. The van der Waals surface area contributed by atoms with E-state index >= 15 is 0 Å². The van der Waals surface area contributed by atoms with Crippen LogP contribution in [0, 0.1) is 13.8 Å². The van der Waals surface area contributed by atoms with Gasteiger partial charge in [-0.1, -0.05) is 18.2 Å². The number of aryl methyl sites for hydroxylation is 2. The van der Waals surface area contributed by atoms with E-state index in [4.69, 9.17) is 10.6 Å². The summed E-state index contributed by atoms with van der Waals surface area (Å²) in [5.74, 6) is 5.58. The van der Waals surface area contributed by atoms with Gasteiger partial charge in [-0.25, -0.2) is 0 Å². The van der Waals surface area contributed by atoms with Crippen molar-refractivity contribution >= 4 is 0 Å². The molecule has 1 rings (SSSR count). The lowest BCUT2D eigenvalue weighted by atomic mass is 9.99. The lowest BCUT2D eigenvalue weighted by molar-refractivity contribution is 0.188. The molecule has 3 nitrogen and oxygen atoms in total. The van der Waals surface area contributed by atoms with E-state index in [2.05, 4.69) is 37.5 Å². The van der Waals surface area contributed by atoms with Crippen molar-refractivity contribution in [2.75, 3.05) is 13.7 Å². The molecule has 0 aliphatic carbocycles. The van der Waals surface area contributed by atoms with Crippen LogP contribution >= 0.6 is 0 Å². The zero-order chi connectivity index (χ0) is 12.7. The smallest absolute Gasteiger partial charge is 0.0462 e. The first-order chi connectivity index (χ1) is 8.17. The lowest BCUT2D eigenvalue weighted by Gasteiger charge is -2.16. The highest BCUT2D eigenvalue weighted by atomic mass is 16.5. The number of rotatable bonds is 7. The quantitative estimate of drug-likeness (QED) is 0.433. The molecule has 17 heavy (non-hydrogen) atoms. The summed E-state index contributed by atoms with van der Waals surface area (Å²) in [6.07, 6.45) is 3.05. The van der Waals surface area contributed by atoms with E-state index in [9.17, 15) is 0 Å². The molecule has 1 aromatic carbocycles. The SMILES string of the molecule is COCCCC(Cc1ccc(C)c(C)c1)NN. The van der Waals surface area contributed by atoms with Gasteiger partial charge in [-0.05, 0) is 49.8 Å². The van der Waals surface area contributed by atoms with Gasteiger partial charge >= 0.3 is 0 Å². The molecular formula is C14H24N2O. The minimum atomic E-state index is 0.326. The third-order valence-electron chi connectivity index (χ3n) is 3.19. The Hall–Kier alpha value is -0.900. The first-order valence-electron chi connectivity index (χ1n) is 6.18. The Morgan fingerprint density at radius 1 is 1.29 bits per heavy atom. The normalized spacial score (nSPS) is 12.7. The van der Waals surface area contributed by atoms with Crippen LogP contribution in [0.5, 0.6) is 0 Å². The highest BCUT2D eigenvalue weighted by molar-refractivity contribution is 5.30. The van der Waals surface area contributed by atoms with Crippen molar-refractivity contribution in [1.82, 2.24) is 5.43 Å². The molecule has 0 amide bonds. The summed E-state index contributed by atoms with van der Waals surface area (Å²) in [5.41, 5.74) is 6.91. The van der Waals surface area contributed by atoms with Gasteiger partial charge in [0.05, 0.1) is 0 Å². The summed E-state index contributed by atoms with van der Waals surface area (Å²) in [7, 11) is 1.73. The highest BCUT2D eigenvalue weighted by Gasteiger charge is 2.08. The predicted octanol–water partition coefficient (Wildman–Crippen LogP) is 2.10. The number of ether oxygens (including phenoxy) is 1. The summed E-state index contributed by atoms with van der Waals surface area (Å²) in [4.78, 5) is 0. The van der Waals surface area contributed by atoms with Crippen LogP contribution in [0.1, 0.15) is 29.5 Å². The molecule has 0 saturated carbocycles. The second-order valence-corrected chi connectivity index (χ2v) is 4.62. The molecule has 0 heterocycles. The third kappa shape index (κ3) is 4.86. The van der Waals surface area contributed by atoms with Crippen LogP contribution in [0.4, 0.5) is 0 Å². The molecule has 0 bridgehead atoms. The van der Waals surface area contributed by atoms with Crippen molar-refractivity contribution in [3.8, 4) is 0 Å². The standard InChI is InChI=1S/C14H24N2O/c1-11-6-7-13(9-12(11)2)10-14(16-15)5-4-8-17-3/h6-7,9,14,16H,4-5,8,10,15H2,1-3H3. The molecule has 0 aliphatic heterocycles. The van der Waals surface area contributed by atoms with Gasteiger partial charge in [0.15, 0.2) is 0 Å². The third-order valence-corrected chi connectivity index (χ3v) is 3.19. The number of nitrogens with two attached hydrogens (primary N) is 1. The Kier molecular flexibility index (Phi) is 6.19. The Morgan fingerprint density at radius 3 is 2.65 bits per heavy atom. The highest BCUT2D eigenvalue weighted by Crippen LogP contribution is 2.13. The minimum Gasteiger partial charge on any atom is -0.385 e. The number of hydrogen-bond donors (Lipinski definition) is 2. The van der Waals surface area contributed by atoms with E-state index in [-0.39, 0.29) is 0 Å². The van der Waals surface area contributed by atoms with E-state index in [0.29, 0.717) is 6.04 Å². The molecule has 3 heteroatoms. The maximum Gasteiger partial charge on any atom is 0.0462 e. The van der Waals surface area contributed by atoms with Gasteiger partial charge in [-0.2, -0.15) is 0 Å². The van der Waals surface area contributed by atoms with Crippen LogP contribution in [0.15, 0.2) is 18.2 Å². The molecule has 1 unspecified atom stereocenters. The van der Waals surface area contributed by atoms with Crippen molar-refractivity contribution < 1.29 is 4.74 Å². The average molecular weight is 236 g/mol. The van der Waals surface area contributed by atoms with Gasteiger partial charge in [0.25, 0.3) is 0 Å². The molecule has 3 N–H and O–H groups in total. The fraction of sp³-hybridized carbons (Fsp3) is 0.571. The number of benzene rings is 1. The molecule has 0 radical (unpaired) electrons. The minimum absolute atomic E-state index is 0.326. The van der Waals surface area contributed by atoms with Crippen LogP contribution in [0.3, 0.4) is 0 Å². The lowest BCUT2D eigenvalue weighted by Crippen LogP contribution is -2.36. The van der Waals surface area contributed by atoms with Crippen molar-refractivity contribution in [2.24, 2.45) is 5.84 Å². The van der Waals surface area contributed by atoms with E-state index < -0.39 is 0 Å². The summed E-state index contributed by atoms with van der Waals surface area (Å²) in [6, 6.07) is 6.93. The monoisotopic (exact) mass is 236 g/mol. The second kappa shape index (κ2) is 7.43. The summed E-state index contributed by atoms with van der Waals surface area (Å²) in [5, 5.41) is 0. The molecule has 0 aromatic heterocycles. The van der Waals surface area contributed by atoms with Gasteiger partial charge < -0.3 is 4.74 Å².